The van der Waals surface area contributed by atoms with Crippen LogP contribution in [0.1, 0.15) is 96.0 Å². The van der Waals surface area contributed by atoms with Gasteiger partial charge in [0.25, 0.3) is 0 Å². The Bertz CT molecular complexity index is 635. The minimum Gasteiger partial charge on any atom is -0.207 e. The fourth-order valence-corrected chi connectivity index (χ4v) is 6.57. The molecule has 0 heterocycles. The van der Waals surface area contributed by atoms with Crippen molar-refractivity contribution in [2.75, 3.05) is 0 Å². The Morgan fingerprint density at radius 3 is 1.77 bits per heavy atom. The third-order valence-electron chi connectivity index (χ3n) is 8.85. The molecule has 0 aromatic heterocycles. The van der Waals surface area contributed by atoms with Crippen LogP contribution >= 0.6 is 0 Å². The van der Waals surface area contributed by atoms with E-state index in [9.17, 15) is 4.39 Å². The Morgan fingerprint density at radius 2 is 1.20 bits per heavy atom. The van der Waals surface area contributed by atoms with Gasteiger partial charge in [-0.2, -0.15) is 0 Å². The molecular weight excluding hydrogens is 367 g/mol. The Labute approximate surface area is 184 Å². The lowest BCUT2D eigenvalue weighted by atomic mass is 9.69. The second kappa shape index (κ2) is 11.0. The molecule has 0 aliphatic heterocycles. The van der Waals surface area contributed by atoms with Crippen LogP contribution in [0.2, 0.25) is 0 Å². The molecule has 0 unspecified atom stereocenters. The minimum atomic E-state index is -0.122. The zero-order valence-electron chi connectivity index (χ0n) is 19.2. The van der Waals surface area contributed by atoms with Gasteiger partial charge in [-0.3, -0.25) is 0 Å². The van der Waals surface area contributed by atoms with Crippen molar-refractivity contribution in [1.29, 1.82) is 0 Å². The van der Waals surface area contributed by atoms with Crippen molar-refractivity contribution in [3.8, 4) is 0 Å². The number of aryl methyl sites for hydroxylation is 1. The Kier molecular flexibility index (Phi) is 8.07. The molecule has 166 valence electrons. The lowest BCUT2D eigenvalue weighted by Gasteiger charge is -2.36. The third-order valence-corrected chi connectivity index (χ3v) is 8.85. The summed E-state index contributed by atoms with van der Waals surface area (Å²) in [6.07, 6.45) is 25.0. The molecule has 1 aromatic carbocycles. The fraction of sp³-hybridized carbons (Fsp3) is 0.724. The molecule has 3 saturated carbocycles. The number of rotatable bonds is 6. The summed E-state index contributed by atoms with van der Waals surface area (Å²) >= 11 is 0. The highest BCUT2D eigenvalue weighted by atomic mass is 19.1. The van der Waals surface area contributed by atoms with E-state index in [0.717, 1.165) is 41.9 Å². The normalized spacial score (nSPS) is 35.5. The smallest absolute Gasteiger partial charge is 0.123 e. The predicted molar refractivity (Wildman–Crippen MR) is 126 cm³/mol. The number of allylic oxidation sites excluding steroid dienone is 2. The zero-order valence-corrected chi connectivity index (χ0v) is 19.2. The monoisotopic (exact) mass is 410 g/mol. The van der Waals surface area contributed by atoms with E-state index in [-0.39, 0.29) is 5.82 Å². The number of halogens is 1. The average Bonchev–Trinajstić information content (AvgIpc) is 2.79. The molecule has 0 radical (unpaired) electrons. The lowest BCUT2D eigenvalue weighted by Crippen LogP contribution is -2.24. The first-order valence-electron chi connectivity index (χ1n) is 13.1. The van der Waals surface area contributed by atoms with E-state index in [1.807, 2.05) is 12.1 Å². The van der Waals surface area contributed by atoms with E-state index < -0.39 is 0 Å². The van der Waals surface area contributed by atoms with Crippen molar-refractivity contribution in [2.45, 2.75) is 96.8 Å². The topological polar surface area (TPSA) is 0 Å². The van der Waals surface area contributed by atoms with Crippen molar-refractivity contribution >= 4 is 0 Å². The minimum absolute atomic E-state index is 0.122. The standard InChI is InChI=1S/C29H43F/c1-22-2-16-27(17-3-22)28-18-12-25(13-19-28)10-8-23-4-6-24(7-5-23)9-11-26-14-20-29(30)21-15-26/h8,10,14-15,20-25,27-28H,2-7,9,11-13,16-19H2,1H3. The summed E-state index contributed by atoms with van der Waals surface area (Å²) < 4.78 is 13.0. The Morgan fingerprint density at radius 1 is 0.700 bits per heavy atom. The molecule has 0 spiro atoms. The molecule has 4 rings (SSSR count). The van der Waals surface area contributed by atoms with Gasteiger partial charge in [0.15, 0.2) is 0 Å². The summed E-state index contributed by atoms with van der Waals surface area (Å²) in [7, 11) is 0. The van der Waals surface area contributed by atoms with Crippen molar-refractivity contribution in [3.63, 3.8) is 0 Å². The van der Waals surface area contributed by atoms with Gasteiger partial charge in [-0.15, -0.1) is 0 Å². The molecule has 3 fully saturated rings. The lowest BCUT2D eigenvalue weighted by molar-refractivity contribution is 0.160. The predicted octanol–water partition coefficient (Wildman–Crippen LogP) is 8.75. The van der Waals surface area contributed by atoms with Crippen molar-refractivity contribution in [3.05, 3.63) is 47.8 Å². The molecule has 1 aromatic rings. The van der Waals surface area contributed by atoms with Gasteiger partial charge in [0.2, 0.25) is 0 Å². The molecule has 3 aliphatic rings. The van der Waals surface area contributed by atoms with E-state index in [4.69, 9.17) is 0 Å². The van der Waals surface area contributed by atoms with Gasteiger partial charge in [-0.1, -0.05) is 44.1 Å². The Balaban J connectivity index is 1.12. The summed E-state index contributed by atoms with van der Waals surface area (Å²) in [5.74, 6) is 5.51. The molecule has 1 heteroatoms. The van der Waals surface area contributed by atoms with Crippen molar-refractivity contribution in [1.82, 2.24) is 0 Å². The van der Waals surface area contributed by atoms with E-state index >= 15 is 0 Å². The first-order chi connectivity index (χ1) is 14.7. The second-order valence-electron chi connectivity index (χ2n) is 11.0. The van der Waals surface area contributed by atoms with Gasteiger partial charge in [-0.25, -0.2) is 4.39 Å². The van der Waals surface area contributed by atoms with Gasteiger partial charge in [0.1, 0.15) is 5.82 Å². The summed E-state index contributed by atoms with van der Waals surface area (Å²) in [6, 6.07) is 7.10. The van der Waals surface area contributed by atoms with Crippen LogP contribution in [0.15, 0.2) is 36.4 Å². The molecule has 0 nitrogen and oxygen atoms in total. The highest BCUT2D eigenvalue weighted by Crippen LogP contribution is 2.42. The zero-order chi connectivity index (χ0) is 20.8. The third kappa shape index (κ3) is 6.44. The highest BCUT2D eigenvalue weighted by Gasteiger charge is 2.29. The molecule has 3 aliphatic carbocycles. The van der Waals surface area contributed by atoms with Gasteiger partial charge < -0.3 is 0 Å². The highest BCUT2D eigenvalue weighted by molar-refractivity contribution is 5.16. The van der Waals surface area contributed by atoms with Crippen LogP contribution in [0.4, 0.5) is 4.39 Å². The first-order valence-corrected chi connectivity index (χ1v) is 13.1. The van der Waals surface area contributed by atoms with Gasteiger partial charge >= 0.3 is 0 Å². The van der Waals surface area contributed by atoms with Gasteiger partial charge in [0.05, 0.1) is 0 Å². The summed E-state index contributed by atoms with van der Waals surface area (Å²) in [5.41, 5.74) is 1.29. The summed E-state index contributed by atoms with van der Waals surface area (Å²) in [6.45, 7) is 2.44. The number of hydrogen-bond acceptors (Lipinski definition) is 0. The summed E-state index contributed by atoms with van der Waals surface area (Å²) in [4.78, 5) is 0. The van der Waals surface area contributed by atoms with Gasteiger partial charge in [0, 0.05) is 0 Å². The average molecular weight is 411 g/mol. The second-order valence-corrected chi connectivity index (χ2v) is 11.0. The van der Waals surface area contributed by atoms with E-state index in [1.54, 1.807) is 12.1 Å². The van der Waals surface area contributed by atoms with Crippen molar-refractivity contribution < 1.29 is 4.39 Å². The fourth-order valence-electron chi connectivity index (χ4n) is 6.57. The van der Waals surface area contributed by atoms with Gasteiger partial charge in [-0.05, 0) is 130 Å². The molecule has 0 amide bonds. The maximum absolute atomic E-state index is 13.0. The molecule has 0 atom stereocenters. The molecule has 0 bridgehead atoms. The van der Waals surface area contributed by atoms with Crippen LogP contribution < -0.4 is 0 Å². The summed E-state index contributed by atoms with van der Waals surface area (Å²) in [5, 5.41) is 0. The maximum Gasteiger partial charge on any atom is 0.123 e. The SMILES string of the molecule is CC1CCC(C2CCC(C=CC3CCC(CCc4ccc(F)cc4)CC3)CC2)CC1. The van der Waals surface area contributed by atoms with Crippen molar-refractivity contribution in [2.24, 2.45) is 35.5 Å². The molecule has 0 saturated heterocycles. The van der Waals surface area contributed by atoms with E-state index in [0.29, 0.717) is 0 Å². The van der Waals surface area contributed by atoms with E-state index in [2.05, 4.69) is 19.1 Å². The number of benzene rings is 1. The molecule has 0 N–H and O–H groups in total. The van der Waals surface area contributed by atoms with Crippen LogP contribution in [0, 0.1) is 41.3 Å². The molecule has 30 heavy (non-hydrogen) atoms. The van der Waals surface area contributed by atoms with Crippen LogP contribution in [0.5, 0.6) is 0 Å². The van der Waals surface area contributed by atoms with Crippen LogP contribution in [-0.2, 0) is 6.42 Å². The van der Waals surface area contributed by atoms with E-state index in [1.165, 1.54) is 89.0 Å². The van der Waals surface area contributed by atoms with Crippen LogP contribution in [-0.4, -0.2) is 0 Å². The molecular formula is C29H43F. The van der Waals surface area contributed by atoms with Crippen LogP contribution in [0.3, 0.4) is 0 Å². The first kappa shape index (κ1) is 22.1. The quantitative estimate of drug-likeness (QED) is 0.411. The Hall–Kier alpha value is -1.11. The largest absolute Gasteiger partial charge is 0.207 e. The number of hydrogen-bond donors (Lipinski definition) is 0. The van der Waals surface area contributed by atoms with Crippen LogP contribution in [0.25, 0.3) is 0 Å². The maximum atomic E-state index is 13.0.